The number of nitrogens with zero attached hydrogens (tertiary/aromatic N) is 5. The maximum absolute atomic E-state index is 13.2. The van der Waals surface area contributed by atoms with Crippen molar-refractivity contribution < 1.29 is 23.0 Å². The molecule has 1 unspecified atom stereocenters. The molecular weight excluding hydrogens is 387 g/mol. The number of fused-ring (bicyclic) bond motifs is 3. The Kier molecular flexibility index (Phi) is 4.60. The molecule has 0 saturated carbocycles. The van der Waals surface area contributed by atoms with Crippen LogP contribution in [0.4, 0.5) is 24.8 Å². The number of imidazole rings is 1. The van der Waals surface area contributed by atoms with Gasteiger partial charge in [-0.1, -0.05) is 12.1 Å². The Hall–Kier alpha value is -2.88. The second-order valence-electron chi connectivity index (χ2n) is 6.96. The number of halogens is 3. The van der Waals surface area contributed by atoms with E-state index in [-0.39, 0.29) is 11.6 Å². The van der Waals surface area contributed by atoms with Gasteiger partial charge in [0.05, 0.1) is 35.2 Å². The highest BCUT2D eigenvalue weighted by Gasteiger charge is 2.41. The zero-order chi connectivity index (χ0) is 20.9. The van der Waals surface area contributed by atoms with Gasteiger partial charge in [0.2, 0.25) is 5.95 Å². The van der Waals surface area contributed by atoms with E-state index in [4.69, 9.17) is 4.74 Å². The molecule has 154 valence electrons. The summed E-state index contributed by atoms with van der Waals surface area (Å²) in [7, 11) is 1.49. The molecule has 1 aliphatic rings. The van der Waals surface area contributed by atoms with Crippen molar-refractivity contribution in [2.24, 2.45) is 0 Å². The van der Waals surface area contributed by atoms with Crippen LogP contribution in [0.25, 0.3) is 11.0 Å². The fraction of sp³-hybridized carbons (Fsp3) is 0.421. The number of aryl methyl sites for hydroxylation is 3. The van der Waals surface area contributed by atoms with Crippen molar-refractivity contribution in [3.63, 3.8) is 0 Å². The second-order valence-corrected chi connectivity index (χ2v) is 6.96. The molecule has 29 heavy (non-hydrogen) atoms. The van der Waals surface area contributed by atoms with Crippen LogP contribution in [-0.4, -0.2) is 44.5 Å². The fourth-order valence-electron chi connectivity index (χ4n) is 3.88. The van der Waals surface area contributed by atoms with E-state index in [1.165, 1.54) is 19.2 Å². The number of aromatic nitrogens is 4. The predicted octanol–water partition coefficient (Wildman–Crippen LogP) is 3.59. The van der Waals surface area contributed by atoms with Gasteiger partial charge >= 0.3 is 12.2 Å². The Morgan fingerprint density at radius 3 is 2.41 bits per heavy atom. The third-order valence-electron chi connectivity index (χ3n) is 5.05. The highest BCUT2D eigenvalue weighted by molar-refractivity contribution is 5.84. The van der Waals surface area contributed by atoms with Gasteiger partial charge in [0, 0.05) is 18.7 Å². The number of para-hydroxylation sites is 1. The Bertz CT molecular complexity index is 1060. The van der Waals surface area contributed by atoms with Crippen molar-refractivity contribution in [2.75, 3.05) is 18.6 Å². The molecule has 7 nitrogen and oxygen atoms in total. The quantitative estimate of drug-likeness (QED) is 0.715. The summed E-state index contributed by atoms with van der Waals surface area (Å²) in [6, 6.07) is 4.67. The minimum absolute atomic E-state index is 0.199. The number of ether oxygens (including phenoxy) is 1. The lowest BCUT2D eigenvalue weighted by Gasteiger charge is -2.31. The van der Waals surface area contributed by atoms with Gasteiger partial charge in [0.25, 0.3) is 0 Å². The van der Waals surface area contributed by atoms with E-state index in [2.05, 4.69) is 15.0 Å². The highest BCUT2D eigenvalue weighted by Crippen LogP contribution is 2.40. The van der Waals surface area contributed by atoms with Gasteiger partial charge in [-0.25, -0.2) is 4.98 Å². The van der Waals surface area contributed by atoms with Gasteiger partial charge in [0.15, 0.2) is 6.10 Å². The molecule has 10 heteroatoms. The number of aliphatic hydroxyl groups excluding tert-OH is 1. The summed E-state index contributed by atoms with van der Waals surface area (Å²) in [4.78, 5) is 15.2. The molecule has 1 N–H and O–H groups in total. The van der Waals surface area contributed by atoms with Gasteiger partial charge < -0.3 is 19.3 Å². The van der Waals surface area contributed by atoms with E-state index in [1.54, 1.807) is 10.6 Å². The van der Waals surface area contributed by atoms with Crippen molar-refractivity contribution in [1.82, 2.24) is 19.5 Å². The van der Waals surface area contributed by atoms with Crippen LogP contribution in [0.15, 0.2) is 18.2 Å². The summed E-state index contributed by atoms with van der Waals surface area (Å²) >= 11 is 0. The number of methoxy groups -OCH3 is 1. The topological polar surface area (TPSA) is 76.3 Å². The van der Waals surface area contributed by atoms with E-state index >= 15 is 0 Å². The van der Waals surface area contributed by atoms with E-state index in [0.29, 0.717) is 47.9 Å². The van der Waals surface area contributed by atoms with E-state index in [9.17, 15) is 18.3 Å². The fourth-order valence-corrected chi connectivity index (χ4v) is 3.88. The molecule has 0 bridgehead atoms. The average molecular weight is 407 g/mol. The van der Waals surface area contributed by atoms with Gasteiger partial charge in [-0.05, 0) is 26.3 Å². The first-order valence-corrected chi connectivity index (χ1v) is 9.13. The lowest BCUT2D eigenvalue weighted by Crippen LogP contribution is -2.30. The van der Waals surface area contributed by atoms with Gasteiger partial charge in [-0.2, -0.15) is 23.1 Å². The number of aliphatic hydroxyl groups is 1. The zero-order valence-corrected chi connectivity index (χ0v) is 16.2. The molecule has 4 rings (SSSR count). The molecule has 0 radical (unpaired) electrons. The molecule has 0 saturated heterocycles. The Labute approximate surface area is 164 Å². The van der Waals surface area contributed by atoms with Crippen LogP contribution in [-0.2, 0) is 6.54 Å². The first-order valence-electron chi connectivity index (χ1n) is 9.13. The SMILES string of the molecule is COc1nc(C)c(N2CCCn3c2nc2cccc(C(O)C(F)(F)F)c23)c(C)n1. The maximum Gasteiger partial charge on any atom is 0.418 e. The molecule has 0 spiro atoms. The standard InChI is InChI=1S/C19H20F3N5O2/c1-10-14(11(2)24-17(23-10)29-3)26-8-5-9-27-15-12(16(28)19(20,21)22)6-4-7-13(15)25-18(26)27/h4,6-7,16,28H,5,8-9H2,1-3H3. The summed E-state index contributed by atoms with van der Waals surface area (Å²) in [5.74, 6) is 0.507. The first kappa shape index (κ1) is 19.4. The molecule has 0 aliphatic carbocycles. The lowest BCUT2D eigenvalue weighted by atomic mass is 10.1. The van der Waals surface area contributed by atoms with Crippen molar-refractivity contribution in [1.29, 1.82) is 0 Å². The number of benzene rings is 1. The smallest absolute Gasteiger partial charge is 0.418 e. The van der Waals surface area contributed by atoms with E-state index in [1.807, 2.05) is 18.7 Å². The molecule has 1 aliphatic heterocycles. The number of rotatable bonds is 3. The number of hydrogen-bond donors (Lipinski definition) is 1. The summed E-state index contributed by atoms with van der Waals surface area (Å²) in [6.07, 6.45) is -6.64. The van der Waals surface area contributed by atoms with Crippen LogP contribution in [0, 0.1) is 13.8 Å². The summed E-state index contributed by atoms with van der Waals surface area (Å²) in [6.45, 7) is 4.77. The molecule has 1 aromatic carbocycles. The normalized spacial score (nSPS) is 15.5. The zero-order valence-electron chi connectivity index (χ0n) is 16.2. The molecule has 3 heterocycles. The van der Waals surface area contributed by atoms with Gasteiger partial charge in [0.1, 0.15) is 0 Å². The number of hydrogen-bond acceptors (Lipinski definition) is 6. The predicted molar refractivity (Wildman–Crippen MR) is 100 cm³/mol. The lowest BCUT2D eigenvalue weighted by molar-refractivity contribution is -0.206. The summed E-state index contributed by atoms with van der Waals surface area (Å²) in [5, 5.41) is 9.89. The van der Waals surface area contributed by atoms with Crippen molar-refractivity contribution in [2.45, 2.75) is 39.1 Å². The van der Waals surface area contributed by atoms with Gasteiger partial charge in [-0.15, -0.1) is 0 Å². The van der Waals surface area contributed by atoms with Crippen LogP contribution in [0.3, 0.4) is 0 Å². The van der Waals surface area contributed by atoms with Crippen LogP contribution >= 0.6 is 0 Å². The molecule has 3 aromatic rings. The van der Waals surface area contributed by atoms with E-state index < -0.39 is 12.3 Å². The molecule has 1 atom stereocenters. The third kappa shape index (κ3) is 3.17. The first-order chi connectivity index (χ1) is 13.7. The van der Waals surface area contributed by atoms with Crippen LogP contribution in [0.2, 0.25) is 0 Å². The third-order valence-corrected chi connectivity index (χ3v) is 5.05. The Balaban J connectivity index is 1.90. The monoisotopic (exact) mass is 407 g/mol. The van der Waals surface area contributed by atoms with E-state index in [0.717, 1.165) is 5.69 Å². The van der Waals surface area contributed by atoms with Crippen LogP contribution in [0.5, 0.6) is 6.01 Å². The minimum Gasteiger partial charge on any atom is -0.467 e. The largest absolute Gasteiger partial charge is 0.467 e. The second kappa shape index (κ2) is 6.87. The number of anilines is 2. The van der Waals surface area contributed by atoms with Gasteiger partial charge in [-0.3, -0.25) is 0 Å². The minimum atomic E-state index is -4.76. The molecular formula is C19H20F3N5O2. The Morgan fingerprint density at radius 1 is 1.10 bits per heavy atom. The van der Waals surface area contributed by atoms with Crippen LogP contribution < -0.4 is 9.64 Å². The van der Waals surface area contributed by atoms with Crippen molar-refractivity contribution >= 4 is 22.7 Å². The molecule has 0 amide bonds. The van der Waals surface area contributed by atoms with Crippen molar-refractivity contribution in [3.05, 3.63) is 35.2 Å². The highest BCUT2D eigenvalue weighted by atomic mass is 19.4. The average Bonchev–Trinajstić information content (AvgIpc) is 3.05. The number of alkyl halides is 3. The van der Waals surface area contributed by atoms with Crippen molar-refractivity contribution in [3.8, 4) is 6.01 Å². The molecule has 0 fully saturated rings. The van der Waals surface area contributed by atoms with Crippen LogP contribution in [0.1, 0.15) is 29.5 Å². The summed E-state index contributed by atoms with van der Waals surface area (Å²) in [5.41, 5.74) is 2.62. The molecule has 2 aromatic heterocycles. The maximum atomic E-state index is 13.2. The Morgan fingerprint density at radius 2 is 1.79 bits per heavy atom. The summed E-state index contributed by atoms with van der Waals surface area (Å²) < 4.78 is 46.4.